The maximum Gasteiger partial charge on any atom is 0.327 e. The van der Waals surface area contributed by atoms with E-state index in [-0.39, 0.29) is 53.4 Å². The van der Waals surface area contributed by atoms with Crippen LogP contribution < -0.4 is 20.1 Å². The number of amides is 2. The molecule has 0 bridgehead atoms. The van der Waals surface area contributed by atoms with E-state index < -0.39 is 80.0 Å². The minimum atomic E-state index is -4.20. The number of methoxy groups -OCH3 is 2. The highest BCUT2D eigenvalue weighted by atomic mass is 32.5. The maximum atomic E-state index is 18.5. The quantitative estimate of drug-likeness (QED) is 0.0364. The molecule has 2 aliphatic rings. The standard InChI is InChI=1S/C59H54F2N11O10PS/c1-4-43-50(46(61)58(79-43)72-35-68-48-52(64-33-66-54(48)72)70-56(74)37-17-10-6-11-18-37)82-83(84,77-30-14-29-62)78-31-44-49(45(60)57(80-44)71-34-67-47-51(63-32-65-53(47)71)69-55(73)36-15-8-5-9-16-36)81-59(38-19-12-7-13-20-38,39-21-25-41(75-2)26-22-39)40-23-27-42(76-3)28-24-40/h5-13,15-28,32-35,43-46,49-50,57-58H,4,14,30-31H2,1-3H3,(H,63,65,69,73)(H,64,66,70,74)/t43-,44-,45+,46+,49?,50?,57-,58-,83?/m1/s1. The molecule has 0 saturated carbocycles. The number of ether oxygens (including phenoxy) is 5. The number of fused-ring (bicyclic) bond motifs is 2. The first kappa shape index (κ1) is 57.3. The molecule has 4 aromatic heterocycles. The molecule has 430 valence electrons. The van der Waals surface area contributed by atoms with E-state index in [9.17, 15) is 14.9 Å². The Labute approximate surface area is 485 Å². The molecule has 84 heavy (non-hydrogen) atoms. The van der Waals surface area contributed by atoms with Gasteiger partial charge in [-0.15, -0.1) is 0 Å². The number of nitrogens with zero attached hydrogens (tertiary/aromatic N) is 9. The second-order valence-corrected chi connectivity index (χ2v) is 22.3. The largest absolute Gasteiger partial charge is 0.497 e. The third kappa shape index (κ3) is 11.5. The fourth-order valence-corrected chi connectivity index (χ4v) is 12.3. The zero-order valence-electron chi connectivity index (χ0n) is 45.3. The van der Waals surface area contributed by atoms with Crippen LogP contribution in [0.2, 0.25) is 0 Å². The monoisotopic (exact) mass is 1180 g/mol. The smallest absolute Gasteiger partial charge is 0.327 e. The van der Waals surface area contributed by atoms with Crippen LogP contribution in [0.15, 0.2) is 165 Å². The molecule has 21 nitrogen and oxygen atoms in total. The molecule has 9 atom stereocenters. The number of carbonyl (C=O) groups excluding carboxylic acids is 2. The van der Waals surface area contributed by atoms with Crippen LogP contribution in [0.3, 0.4) is 0 Å². The summed E-state index contributed by atoms with van der Waals surface area (Å²) in [5, 5.41) is 15.2. The minimum Gasteiger partial charge on any atom is -0.497 e. The lowest BCUT2D eigenvalue weighted by Gasteiger charge is -2.39. The van der Waals surface area contributed by atoms with Crippen LogP contribution in [0, 0.1) is 11.3 Å². The molecule has 2 N–H and O–H groups in total. The fraction of sp³-hybridized carbons (Fsp3) is 0.271. The molecule has 2 aliphatic heterocycles. The van der Waals surface area contributed by atoms with Gasteiger partial charge in [0.15, 0.2) is 58.8 Å². The summed E-state index contributed by atoms with van der Waals surface area (Å²) in [6.45, 7) is -3.29. The number of alkyl halides is 2. The van der Waals surface area contributed by atoms with E-state index in [1.54, 1.807) is 106 Å². The molecule has 11 rings (SSSR count). The summed E-state index contributed by atoms with van der Waals surface area (Å²) in [7, 11) is 3.09. The van der Waals surface area contributed by atoms with Crippen molar-refractivity contribution >= 4 is 64.3 Å². The number of hydrogen-bond donors (Lipinski definition) is 2. The van der Waals surface area contributed by atoms with Crippen LogP contribution in [0.5, 0.6) is 11.5 Å². The van der Waals surface area contributed by atoms with Crippen molar-refractivity contribution in [2.75, 3.05) is 38.1 Å². The van der Waals surface area contributed by atoms with Gasteiger partial charge in [0.25, 0.3) is 11.8 Å². The topological polar surface area (TPSA) is 243 Å². The van der Waals surface area contributed by atoms with Gasteiger partial charge in [0.05, 0.1) is 58.7 Å². The summed E-state index contributed by atoms with van der Waals surface area (Å²) >= 11 is 6.12. The molecular formula is C59H54F2N11O10PS. The lowest BCUT2D eigenvalue weighted by molar-refractivity contribution is -0.104. The first-order valence-electron chi connectivity index (χ1n) is 26.6. The van der Waals surface area contributed by atoms with Gasteiger partial charge in [0, 0.05) is 11.1 Å². The predicted molar refractivity (Wildman–Crippen MR) is 306 cm³/mol. The zero-order valence-corrected chi connectivity index (χ0v) is 47.0. The lowest BCUT2D eigenvalue weighted by Crippen LogP contribution is -2.44. The van der Waals surface area contributed by atoms with Gasteiger partial charge in [0.2, 0.25) is 0 Å². The summed E-state index contributed by atoms with van der Waals surface area (Å²) in [5.41, 5.74) is 1.44. The van der Waals surface area contributed by atoms with E-state index in [0.717, 1.165) is 0 Å². The molecule has 0 aliphatic carbocycles. The molecular weight excluding hydrogens is 1120 g/mol. The van der Waals surface area contributed by atoms with Gasteiger partial charge >= 0.3 is 6.72 Å². The number of aromatic nitrogens is 8. The van der Waals surface area contributed by atoms with Crippen LogP contribution in [-0.4, -0.2) is 115 Å². The number of rotatable bonds is 22. The SMILES string of the molecule is CC[C@H]1O[C@@H](n2cnc3c(NC(=O)c4ccccc4)ncnc32)[C@@H](F)C1OP(=S)(OCCC#N)OC[C@H]1O[C@@H](n2cnc3c(NC(=O)c4ccccc4)ncnc32)[C@@H](F)C1OC(c1ccccc1)(c1ccc(OC)cc1)c1ccc(OC)cc1. The van der Waals surface area contributed by atoms with E-state index in [1.165, 1.54) is 34.4 Å². The summed E-state index contributed by atoms with van der Waals surface area (Å²) in [6.07, 6.45) is -7.13. The minimum absolute atomic E-state index is 0.0596. The van der Waals surface area contributed by atoms with Gasteiger partial charge in [-0.1, -0.05) is 97.9 Å². The Morgan fingerprint density at radius 1 is 0.643 bits per heavy atom. The van der Waals surface area contributed by atoms with Crippen LogP contribution in [0.25, 0.3) is 22.3 Å². The van der Waals surface area contributed by atoms with Crippen molar-refractivity contribution < 1.29 is 55.6 Å². The summed E-state index contributed by atoms with van der Waals surface area (Å²) in [4.78, 5) is 52.9. The van der Waals surface area contributed by atoms with Crippen LogP contribution in [0.4, 0.5) is 20.4 Å². The maximum absolute atomic E-state index is 18.5. The molecule has 25 heteroatoms. The number of imidazole rings is 2. The van der Waals surface area contributed by atoms with E-state index in [4.69, 9.17) is 49.1 Å². The molecule has 6 heterocycles. The molecule has 2 saturated heterocycles. The average Bonchev–Trinajstić information content (AvgIpc) is 2.09. The zero-order chi connectivity index (χ0) is 58.4. The lowest BCUT2D eigenvalue weighted by atomic mass is 9.79. The molecule has 0 spiro atoms. The van der Waals surface area contributed by atoms with Gasteiger partial charge < -0.3 is 43.4 Å². The first-order valence-corrected chi connectivity index (χ1v) is 29.1. The van der Waals surface area contributed by atoms with Gasteiger partial charge in [-0.3, -0.25) is 23.2 Å². The van der Waals surface area contributed by atoms with Crippen molar-refractivity contribution in [1.29, 1.82) is 5.26 Å². The Balaban J connectivity index is 0.948. The third-order valence-corrected chi connectivity index (χ3v) is 16.7. The van der Waals surface area contributed by atoms with Crippen LogP contribution in [0.1, 0.15) is 69.6 Å². The number of nitrogens with one attached hydrogen (secondary N) is 2. The Morgan fingerprint density at radius 3 is 1.58 bits per heavy atom. The molecule has 3 unspecified atom stereocenters. The molecule has 2 amide bonds. The van der Waals surface area contributed by atoms with Crippen molar-refractivity contribution in [3.8, 4) is 17.6 Å². The van der Waals surface area contributed by atoms with Gasteiger partial charge in [-0.25, -0.2) is 38.7 Å². The van der Waals surface area contributed by atoms with Crippen molar-refractivity contribution in [3.63, 3.8) is 0 Å². The van der Waals surface area contributed by atoms with E-state index in [0.29, 0.717) is 39.3 Å². The van der Waals surface area contributed by atoms with Crippen molar-refractivity contribution in [1.82, 2.24) is 39.0 Å². The normalized spacial score (nSPS) is 21.2. The average molecular weight is 1180 g/mol. The Kier molecular flexibility index (Phi) is 17.2. The Hall–Kier alpha value is -8.50. The molecule has 2 fully saturated rings. The number of benzene rings is 5. The highest BCUT2D eigenvalue weighted by Crippen LogP contribution is 2.56. The third-order valence-electron chi connectivity index (χ3n) is 14.3. The van der Waals surface area contributed by atoms with Gasteiger partial charge in [0.1, 0.15) is 48.1 Å². The molecule has 9 aromatic rings. The summed E-state index contributed by atoms with van der Waals surface area (Å²) in [6, 6.07) is 42.7. The van der Waals surface area contributed by atoms with Gasteiger partial charge in [-0.2, -0.15) is 5.26 Å². The second-order valence-electron chi connectivity index (χ2n) is 19.3. The molecule has 0 radical (unpaired) electrons. The van der Waals surface area contributed by atoms with Crippen molar-refractivity contribution in [3.05, 3.63) is 193 Å². The van der Waals surface area contributed by atoms with Crippen molar-refractivity contribution in [2.45, 2.75) is 74.6 Å². The highest BCUT2D eigenvalue weighted by Gasteiger charge is 2.54. The van der Waals surface area contributed by atoms with E-state index >= 15 is 8.78 Å². The number of nitriles is 1. The highest BCUT2D eigenvalue weighted by molar-refractivity contribution is 8.07. The van der Waals surface area contributed by atoms with Crippen LogP contribution in [-0.2, 0) is 45.2 Å². The predicted octanol–water partition coefficient (Wildman–Crippen LogP) is 10.0. The first-order chi connectivity index (χ1) is 40.9. The van der Waals surface area contributed by atoms with Crippen LogP contribution >= 0.6 is 6.72 Å². The van der Waals surface area contributed by atoms with E-state index in [1.807, 2.05) is 60.7 Å². The number of hydrogen-bond acceptors (Lipinski definition) is 18. The number of carbonyl (C=O) groups is 2. The number of anilines is 2. The summed E-state index contributed by atoms with van der Waals surface area (Å²) in [5.74, 6) is 0.344. The summed E-state index contributed by atoms with van der Waals surface area (Å²) < 4.78 is 89.5. The van der Waals surface area contributed by atoms with E-state index in [2.05, 4.69) is 40.5 Å². The van der Waals surface area contributed by atoms with Gasteiger partial charge in [-0.05, 0) is 83.4 Å². The van der Waals surface area contributed by atoms with Crippen molar-refractivity contribution in [2.24, 2.45) is 0 Å². The Bertz CT molecular complexity index is 3800. The number of halogens is 2. The fourth-order valence-electron chi connectivity index (χ4n) is 10.2. The second kappa shape index (κ2) is 25.2. The molecule has 5 aromatic carbocycles. The Morgan fingerprint density at radius 2 is 1.11 bits per heavy atom.